The van der Waals surface area contributed by atoms with Crippen molar-refractivity contribution in [3.8, 4) is 0 Å². The molecule has 1 N–H and O–H groups in total. The molecule has 122 valence electrons. The van der Waals surface area contributed by atoms with Crippen LogP contribution in [0.3, 0.4) is 0 Å². The lowest BCUT2D eigenvalue weighted by Crippen LogP contribution is -2.23. The van der Waals surface area contributed by atoms with E-state index in [-0.39, 0.29) is 11.4 Å². The quantitative estimate of drug-likeness (QED) is 0.813. The van der Waals surface area contributed by atoms with Crippen LogP contribution in [0.4, 0.5) is 5.69 Å². The molecule has 0 aliphatic heterocycles. The van der Waals surface area contributed by atoms with E-state index in [0.29, 0.717) is 6.61 Å². The first-order chi connectivity index (χ1) is 10.9. The Kier molecular flexibility index (Phi) is 5.43. The number of hydrogen-bond acceptors (Lipinski definition) is 3. The number of carbonyl (C=O) groups is 1. The van der Waals surface area contributed by atoms with Crippen LogP contribution in [-0.4, -0.2) is 12.6 Å². The van der Waals surface area contributed by atoms with Gasteiger partial charge in [-0.15, -0.1) is 0 Å². The van der Waals surface area contributed by atoms with E-state index < -0.39 is 6.04 Å². The Morgan fingerprint density at radius 1 is 1.04 bits per heavy atom. The summed E-state index contributed by atoms with van der Waals surface area (Å²) in [7, 11) is 0. The van der Waals surface area contributed by atoms with Gasteiger partial charge >= 0.3 is 5.97 Å². The van der Waals surface area contributed by atoms with Crippen LogP contribution < -0.4 is 5.32 Å². The molecular formula is C20H25NO2. The highest BCUT2D eigenvalue weighted by molar-refractivity contribution is 5.81. The maximum Gasteiger partial charge on any atom is 0.333 e. The normalized spacial score (nSPS) is 12.5. The number of benzene rings is 2. The third-order valence-electron chi connectivity index (χ3n) is 3.72. The number of anilines is 1. The van der Waals surface area contributed by atoms with Gasteiger partial charge in [-0.2, -0.15) is 0 Å². The van der Waals surface area contributed by atoms with E-state index in [0.717, 1.165) is 11.3 Å². The van der Waals surface area contributed by atoms with Gasteiger partial charge < -0.3 is 10.1 Å². The lowest BCUT2D eigenvalue weighted by atomic mass is 9.87. The summed E-state index contributed by atoms with van der Waals surface area (Å²) in [5.74, 6) is -0.265. The van der Waals surface area contributed by atoms with Gasteiger partial charge in [0.05, 0.1) is 6.61 Å². The highest BCUT2D eigenvalue weighted by atomic mass is 16.5. The summed E-state index contributed by atoms with van der Waals surface area (Å²) in [4.78, 5) is 12.3. The van der Waals surface area contributed by atoms with E-state index in [2.05, 4.69) is 38.2 Å². The summed E-state index contributed by atoms with van der Waals surface area (Å²) in [6.45, 7) is 8.73. The number of ether oxygens (including phenoxy) is 1. The predicted molar refractivity (Wildman–Crippen MR) is 94.6 cm³/mol. The second-order valence-corrected chi connectivity index (χ2v) is 6.57. The lowest BCUT2D eigenvalue weighted by Gasteiger charge is -2.21. The van der Waals surface area contributed by atoms with Crippen molar-refractivity contribution in [3.05, 3.63) is 65.7 Å². The first-order valence-electron chi connectivity index (χ1n) is 8.00. The third kappa shape index (κ3) is 4.59. The van der Waals surface area contributed by atoms with E-state index >= 15 is 0 Å². The summed E-state index contributed by atoms with van der Waals surface area (Å²) in [5, 5.41) is 3.28. The second-order valence-electron chi connectivity index (χ2n) is 6.57. The van der Waals surface area contributed by atoms with Gasteiger partial charge in [-0.25, -0.2) is 4.79 Å². The van der Waals surface area contributed by atoms with Crippen molar-refractivity contribution in [2.45, 2.75) is 39.2 Å². The number of hydrogen-bond donors (Lipinski definition) is 1. The maximum atomic E-state index is 12.3. The molecule has 0 amide bonds. The average molecular weight is 311 g/mol. The van der Waals surface area contributed by atoms with Crippen LogP contribution >= 0.6 is 0 Å². The zero-order valence-electron chi connectivity index (χ0n) is 14.3. The van der Waals surface area contributed by atoms with Gasteiger partial charge in [0, 0.05) is 5.69 Å². The largest absolute Gasteiger partial charge is 0.464 e. The standard InChI is InChI=1S/C20H25NO2/c1-5-23-19(22)18(15-9-7-6-8-10-15)21-17-13-11-16(12-14-17)20(2,3)4/h6-14,18,21H,5H2,1-4H3/t18-/m1/s1. The second kappa shape index (κ2) is 7.32. The fraction of sp³-hybridized carbons (Fsp3) is 0.350. The van der Waals surface area contributed by atoms with Gasteiger partial charge in [0.25, 0.3) is 0 Å². The predicted octanol–water partition coefficient (Wildman–Crippen LogP) is 4.70. The topological polar surface area (TPSA) is 38.3 Å². The summed E-state index contributed by atoms with van der Waals surface area (Å²) in [5.41, 5.74) is 3.17. The van der Waals surface area contributed by atoms with E-state index in [1.165, 1.54) is 5.56 Å². The van der Waals surface area contributed by atoms with Crippen molar-refractivity contribution in [2.24, 2.45) is 0 Å². The first kappa shape index (κ1) is 17.1. The van der Waals surface area contributed by atoms with E-state index in [9.17, 15) is 4.79 Å². The van der Waals surface area contributed by atoms with Gasteiger partial charge in [-0.1, -0.05) is 63.2 Å². The minimum absolute atomic E-state index is 0.110. The van der Waals surface area contributed by atoms with Crippen LogP contribution in [0.15, 0.2) is 54.6 Å². The minimum atomic E-state index is -0.503. The van der Waals surface area contributed by atoms with Gasteiger partial charge in [-0.3, -0.25) is 0 Å². The molecular weight excluding hydrogens is 286 g/mol. The van der Waals surface area contributed by atoms with Gasteiger partial charge in [-0.05, 0) is 35.6 Å². The SMILES string of the molecule is CCOC(=O)[C@H](Nc1ccc(C(C)(C)C)cc1)c1ccccc1. The lowest BCUT2D eigenvalue weighted by molar-refractivity contribution is -0.144. The first-order valence-corrected chi connectivity index (χ1v) is 8.00. The monoisotopic (exact) mass is 311 g/mol. The van der Waals surface area contributed by atoms with Gasteiger partial charge in [0.1, 0.15) is 0 Å². The van der Waals surface area contributed by atoms with Crippen molar-refractivity contribution < 1.29 is 9.53 Å². The molecule has 0 saturated carbocycles. The summed E-state index contributed by atoms with van der Waals surface area (Å²) in [6.07, 6.45) is 0. The smallest absolute Gasteiger partial charge is 0.333 e. The minimum Gasteiger partial charge on any atom is -0.464 e. The fourth-order valence-electron chi connectivity index (χ4n) is 2.38. The van der Waals surface area contributed by atoms with Crippen LogP contribution in [0, 0.1) is 0 Å². The fourth-order valence-corrected chi connectivity index (χ4v) is 2.38. The molecule has 23 heavy (non-hydrogen) atoms. The molecule has 0 bridgehead atoms. The van der Waals surface area contributed by atoms with Gasteiger partial charge in [0.2, 0.25) is 0 Å². The van der Waals surface area contributed by atoms with Crippen LogP contribution in [0.1, 0.15) is 44.9 Å². The summed E-state index contributed by atoms with van der Waals surface area (Å²) in [6, 6.07) is 17.3. The molecule has 0 aliphatic rings. The Hall–Kier alpha value is -2.29. The summed E-state index contributed by atoms with van der Waals surface area (Å²) < 4.78 is 5.21. The number of carbonyl (C=O) groups excluding carboxylic acids is 1. The van der Waals surface area contributed by atoms with Crippen molar-refractivity contribution in [3.63, 3.8) is 0 Å². The molecule has 0 unspecified atom stereocenters. The Morgan fingerprint density at radius 3 is 2.17 bits per heavy atom. The van der Waals surface area contributed by atoms with Crippen LogP contribution in [0.2, 0.25) is 0 Å². The molecule has 0 heterocycles. The third-order valence-corrected chi connectivity index (χ3v) is 3.72. The highest BCUT2D eigenvalue weighted by Gasteiger charge is 2.22. The molecule has 3 heteroatoms. The molecule has 2 aromatic carbocycles. The Balaban J connectivity index is 2.22. The molecule has 0 radical (unpaired) electrons. The molecule has 0 aromatic heterocycles. The van der Waals surface area contributed by atoms with Crippen LogP contribution in [-0.2, 0) is 14.9 Å². The molecule has 0 fully saturated rings. The average Bonchev–Trinajstić information content (AvgIpc) is 2.53. The number of nitrogens with one attached hydrogen (secondary N) is 1. The molecule has 0 saturated heterocycles. The Labute approximate surface area is 138 Å². The van der Waals surface area contributed by atoms with Crippen LogP contribution in [0.25, 0.3) is 0 Å². The van der Waals surface area contributed by atoms with Gasteiger partial charge in [0.15, 0.2) is 6.04 Å². The molecule has 1 atom stereocenters. The van der Waals surface area contributed by atoms with Crippen LogP contribution in [0.5, 0.6) is 0 Å². The maximum absolute atomic E-state index is 12.3. The van der Waals surface area contributed by atoms with Crippen molar-refractivity contribution in [1.82, 2.24) is 0 Å². The molecule has 2 aromatic rings. The number of esters is 1. The zero-order valence-corrected chi connectivity index (χ0v) is 14.3. The molecule has 0 spiro atoms. The van der Waals surface area contributed by atoms with E-state index in [1.54, 1.807) is 0 Å². The van der Waals surface area contributed by atoms with Crippen molar-refractivity contribution >= 4 is 11.7 Å². The molecule has 3 nitrogen and oxygen atoms in total. The van der Waals surface area contributed by atoms with Crippen molar-refractivity contribution in [1.29, 1.82) is 0 Å². The highest BCUT2D eigenvalue weighted by Crippen LogP contribution is 2.26. The zero-order chi connectivity index (χ0) is 16.9. The molecule has 2 rings (SSSR count). The summed E-state index contributed by atoms with van der Waals surface area (Å²) >= 11 is 0. The Bertz CT molecular complexity index is 627. The molecule has 0 aliphatic carbocycles. The van der Waals surface area contributed by atoms with Crippen molar-refractivity contribution in [2.75, 3.05) is 11.9 Å². The number of rotatable bonds is 5. The Morgan fingerprint density at radius 2 is 1.65 bits per heavy atom. The van der Waals surface area contributed by atoms with E-state index in [4.69, 9.17) is 4.74 Å². The van der Waals surface area contributed by atoms with E-state index in [1.807, 2.05) is 49.4 Å².